The van der Waals surface area contributed by atoms with Gasteiger partial charge in [0.15, 0.2) is 9.84 Å². The lowest BCUT2D eigenvalue weighted by atomic mass is 10.1. The van der Waals surface area contributed by atoms with Crippen LogP contribution in [-0.2, 0) is 9.84 Å². The first-order chi connectivity index (χ1) is 12.9. The highest BCUT2D eigenvalue weighted by Crippen LogP contribution is 2.31. The summed E-state index contributed by atoms with van der Waals surface area (Å²) in [4.78, 5) is 12.3. The number of hydrogen-bond acceptors (Lipinski definition) is 4. The minimum absolute atomic E-state index is 0.117. The zero-order chi connectivity index (χ0) is 19.4. The zero-order valence-corrected chi connectivity index (χ0v) is 16.2. The predicted molar refractivity (Wildman–Crippen MR) is 104 cm³/mol. The van der Waals surface area contributed by atoms with Crippen molar-refractivity contribution in [1.29, 1.82) is 0 Å². The second-order valence-electron chi connectivity index (χ2n) is 6.07. The molecule has 1 aromatic heterocycles. The zero-order valence-electron chi connectivity index (χ0n) is 14.6. The molecule has 0 saturated carbocycles. The first-order valence-electron chi connectivity index (χ1n) is 8.26. The number of nitrogens with one attached hydrogen (secondary N) is 1. The van der Waals surface area contributed by atoms with Gasteiger partial charge in [0.1, 0.15) is 15.3 Å². The van der Waals surface area contributed by atoms with Crippen LogP contribution in [0, 0.1) is 12.7 Å². The molecule has 140 valence electrons. The predicted octanol–water partition coefficient (Wildman–Crippen LogP) is 4.14. The number of rotatable bonds is 6. The minimum Gasteiger partial charge on any atom is -0.350 e. The lowest BCUT2D eigenvalue weighted by Crippen LogP contribution is -2.32. The van der Waals surface area contributed by atoms with Crippen LogP contribution < -0.4 is 5.32 Å². The van der Waals surface area contributed by atoms with Gasteiger partial charge in [-0.3, -0.25) is 4.79 Å². The summed E-state index contributed by atoms with van der Waals surface area (Å²) in [6, 6.07) is 15.9. The molecule has 4 nitrogen and oxygen atoms in total. The molecule has 0 fully saturated rings. The Bertz CT molecular complexity index is 1030. The highest BCUT2D eigenvalue weighted by atomic mass is 32.2. The summed E-state index contributed by atoms with van der Waals surface area (Å²) in [5.74, 6) is -1.30. The number of carbonyl (C=O) groups excluding carboxylic acids is 1. The van der Waals surface area contributed by atoms with Gasteiger partial charge in [0, 0.05) is 6.54 Å². The van der Waals surface area contributed by atoms with Crippen LogP contribution in [0.1, 0.15) is 26.7 Å². The highest BCUT2D eigenvalue weighted by molar-refractivity contribution is 7.93. The molecule has 0 aliphatic heterocycles. The summed E-state index contributed by atoms with van der Waals surface area (Å²) < 4.78 is 40.2. The molecule has 27 heavy (non-hydrogen) atoms. The van der Waals surface area contributed by atoms with Crippen LogP contribution >= 0.6 is 11.3 Å². The van der Waals surface area contributed by atoms with E-state index in [1.165, 1.54) is 18.2 Å². The van der Waals surface area contributed by atoms with Crippen LogP contribution in [0.5, 0.6) is 0 Å². The van der Waals surface area contributed by atoms with Gasteiger partial charge in [-0.2, -0.15) is 0 Å². The molecule has 1 heterocycles. The topological polar surface area (TPSA) is 63.2 Å². The van der Waals surface area contributed by atoms with Crippen LogP contribution in [0.2, 0.25) is 0 Å². The summed E-state index contributed by atoms with van der Waals surface area (Å²) in [5, 5.41) is 3.29. The average molecular weight is 404 g/mol. The average Bonchev–Trinajstić information content (AvgIpc) is 3.19. The van der Waals surface area contributed by atoms with E-state index in [1.54, 1.807) is 35.7 Å². The number of carbonyl (C=O) groups is 1. The normalized spacial score (nSPS) is 12.5. The van der Waals surface area contributed by atoms with Gasteiger partial charge in [0.05, 0.1) is 5.56 Å². The van der Waals surface area contributed by atoms with Crippen molar-refractivity contribution in [3.8, 4) is 0 Å². The summed E-state index contributed by atoms with van der Waals surface area (Å²) >= 11 is 1.13. The van der Waals surface area contributed by atoms with E-state index in [1.807, 2.05) is 19.1 Å². The van der Waals surface area contributed by atoms with Crippen LogP contribution in [0.4, 0.5) is 4.39 Å². The van der Waals surface area contributed by atoms with E-state index in [0.717, 1.165) is 16.9 Å². The lowest BCUT2D eigenvalue weighted by molar-refractivity contribution is 0.0949. The number of amides is 1. The number of halogens is 1. The Morgan fingerprint density at radius 1 is 1.07 bits per heavy atom. The van der Waals surface area contributed by atoms with Crippen LogP contribution in [-0.4, -0.2) is 20.9 Å². The van der Waals surface area contributed by atoms with Crippen LogP contribution in [0.25, 0.3) is 0 Å². The molecule has 3 rings (SSSR count). The van der Waals surface area contributed by atoms with Crippen molar-refractivity contribution in [3.63, 3.8) is 0 Å². The largest absolute Gasteiger partial charge is 0.350 e. The van der Waals surface area contributed by atoms with Gasteiger partial charge in [-0.15, -0.1) is 11.3 Å². The quantitative estimate of drug-likeness (QED) is 0.673. The van der Waals surface area contributed by atoms with Crippen molar-refractivity contribution in [1.82, 2.24) is 5.32 Å². The van der Waals surface area contributed by atoms with Gasteiger partial charge in [-0.1, -0.05) is 48.0 Å². The number of sulfone groups is 1. The van der Waals surface area contributed by atoms with Gasteiger partial charge < -0.3 is 5.32 Å². The second-order valence-corrected chi connectivity index (χ2v) is 9.37. The number of aryl methyl sites for hydroxylation is 1. The molecule has 2 aromatic carbocycles. The van der Waals surface area contributed by atoms with Gasteiger partial charge in [-0.25, -0.2) is 12.8 Å². The third kappa shape index (κ3) is 4.26. The highest BCUT2D eigenvalue weighted by Gasteiger charge is 2.30. The molecule has 0 spiro atoms. The Balaban J connectivity index is 1.90. The SMILES string of the molecule is Cc1ccc([C@@H](CNC(=O)c2ccccc2F)S(=O)(=O)c2cccs2)cc1. The molecule has 1 N–H and O–H groups in total. The third-order valence-electron chi connectivity index (χ3n) is 4.17. The molecular weight excluding hydrogens is 385 g/mol. The fraction of sp³-hybridized carbons (Fsp3) is 0.150. The maximum atomic E-state index is 13.8. The summed E-state index contributed by atoms with van der Waals surface area (Å²) in [6.45, 7) is 1.75. The molecule has 0 aliphatic carbocycles. The molecule has 0 aliphatic rings. The first kappa shape index (κ1) is 19.3. The van der Waals surface area contributed by atoms with Gasteiger partial charge in [0.25, 0.3) is 5.91 Å². The standard InChI is InChI=1S/C20H18FNO3S2/c1-14-8-10-15(11-9-14)18(27(24,25)19-7-4-12-26-19)13-22-20(23)16-5-2-3-6-17(16)21/h2-12,18H,13H2,1H3,(H,22,23)/t18-/m1/s1. The summed E-state index contributed by atoms with van der Waals surface area (Å²) in [7, 11) is -3.70. The Morgan fingerprint density at radius 3 is 2.41 bits per heavy atom. The van der Waals surface area contributed by atoms with Crippen molar-refractivity contribution >= 4 is 27.1 Å². The Labute approximate surface area is 161 Å². The molecule has 7 heteroatoms. The molecule has 0 bridgehead atoms. The van der Waals surface area contributed by atoms with Crippen molar-refractivity contribution < 1.29 is 17.6 Å². The minimum atomic E-state index is -3.70. The Hall–Kier alpha value is -2.51. The monoisotopic (exact) mass is 403 g/mol. The number of thiophene rings is 1. The van der Waals surface area contributed by atoms with Crippen LogP contribution in [0.3, 0.4) is 0 Å². The van der Waals surface area contributed by atoms with Gasteiger partial charge in [0.2, 0.25) is 0 Å². The van der Waals surface area contributed by atoms with Crippen molar-refractivity contribution in [2.24, 2.45) is 0 Å². The lowest BCUT2D eigenvalue weighted by Gasteiger charge is -2.18. The van der Waals surface area contributed by atoms with Gasteiger partial charge >= 0.3 is 0 Å². The second kappa shape index (κ2) is 8.02. The Kier molecular flexibility index (Phi) is 5.72. The van der Waals surface area contributed by atoms with Crippen molar-refractivity contribution in [2.45, 2.75) is 16.4 Å². The smallest absolute Gasteiger partial charge is 0.254 e. The van der Waals surface area contributed by atoms with Crippen molar-refractivity contribution in [3.05, 3.63) is 88.6 Å². The maximum Gasteiger partial charge on any atom is 0.254 e. The number of benzene rings is 2. The van der Waals surface area contributed by atoms with E-state index in [4.69, 9.17) is 0 Å². The van der Waals surface area contributed by atoms with E-state index in [9.17, 15) is 17.6 Å². The molecular formula is C20H18FNO3S2. The molecule has 1 atom stereocenters. The fourth-order valence-electron chi connectivity index (χ4n) is 2.68. The van der Waals surface area contributed by atoms with Gasteiger partial charge in [-0.05, 0) is 36.1 Å². The molecule has 0 saturated heterocycles. The van der Waals surface area contributed by atoms with Crippen LogP contribution in [0.15, 0.2) is 70.3 Å². The van der Waals surface area contributed by atoms with E-state index in [-0.39, 0.29) is 16.3 Å². The van der Waals surface area contributed by atoms with Crippen molar-refractivity contribution in [2.75, 3.05) is 6.54 Å². The molecule has 0 unspecified atom stereocenters. The summed E-state index contributed by atoms with van der Waals surface area (Å²) in [5.41, 5.74) is 1.46. The summed E-state index contributed by atoms with van der Waals surface area (Å²) in [6.07, 6.45) is 0. The van der Waals surface area contributed by atoms with E-state index in [0.29, 0.717) is 5.56 Å². The van der Waals surface area contributed by atoms with E-state index >= 15 is 0 Å². The third-order valence-corrected chi connectivity index (χ3v) is 7.70. The van der Waals surface area contributed by atoms with E-state index < -0.39 is 26.8 Å². The fourth-order valence-corrected chi connectivity index (χ4v) is 5.55. The number of hydrogen-bond donors (Lipinski definition) is 1. The van der Waals surface area contributed by atoms with E-state index in [2.05, 4.69) is 5.32 Å². The molecule has 3 aromatic rings. The Morgan fingerprint density at radius 2 is 1.78 bits per heavy atom. The molecule has 1 amide bonds. The molecule has 0 radical (unpaired) electrons. The first-order valence-corrected chi connectivity index (χ1v) is 10.7. The maximum absolute atomic E-state index is 13.8.